The first-order valence-electron chi connectivity index (χ1n) is 4.74. The van der Waals surface area contributed by atoms with E-state index >= 15 is 0 Å². The lowest BCUT2D eigenvalue weighted by atomic mass is 10.2. The molecule has 4 heteroatoms. The topological polar surface area (TPSA) is 47.6 Å². The van der Waals surface area contributed by atoms with Gasteiger partial charge >= 0.3 is 0 Å². The highest BCUT2D eigenvalue weighted by Crippen LogP contribution is 2.31. The highest BCUT2D eigenvalue weighted by molar-refractivity contribution is 5.69. The van der Waals surface area contributed by atoms with E-state index in [1.165, 1.54) is 0 Å². The molecule has 0 aliphatic carbocycles. The lowest BCUT2D eigenvalue weighted by Crippen LogP contribution is -2.31. The van der Waals surface area contributed by atoms with Crippen LogP contribution in [0, 0.1) is 0 Å². The van der Waals surface area contributed by atoms with Gasteiger partial charge in [-0.1, -0.05) is 12.1 Å². The predicted molar refractivity (Wildman–Crippen MR) is 55.3 cm³/mol. The summed E-state index contributed by atoms with van der Waals surface area (Å²) in [7, 11) is 0. The van der Waals surface area contributed by atoms with E-state index in [1.807, 2.05) is 31.2 Å². The van der Waals surface area contributed by atoms with Crippen molar-refractivity contribution in [1.82, 2.24) is 0 Å². The monoisotopic (exact) mass is 205 g/mol. The maximum Gasteiger partial charge on any atom is 0.252 e. The fourth-order valence-electron chi connectivity index (χ4n) is 1.39. The standard InChI is InChI=1S/C11H11NO3/c1-2-14-11-9(7-13)12-8-5-3-4-6-10(8)15-11/h3-6,11-12H,2H2,1H3. The van der Waals surface area contributed by atoms with Gasteiger partial charge in [-0.2, -0.15) is 0 Å². The molecule has 1 aliphatic heterocycles. The molecule has 0 radical (unpaired) electrons. The molecule has 1 heterocycles. The van der Waals surface area contributed by atoms with Gasteiger partial charge in [-0.3, -0.25) is 0 Å². The molecule has 0 bridgehead atoms. The van der Waals surface area contributed by atoms with Gasteiger partial charge in [0.25, 0.3) is 6.29 Å². The molecule has 0 spiro atoms. The van der Waals surface area contributed by atoms with Crippen molar-refractivity contribution in [2.45, 2.75) is 13.2 Å². The highest BCUT2D eigenvalue weighted by atomic mass is 16.7. The molecule has 1 N–H and O–H groups in total. The van der Waals surface area contributed by atoms with Gasteiger partial charge in [0, 0.05) is 6.61 Å². The molecule has 0 saturated heterocycles. The number of hydrogen-bond donors (Lipinski definition) is 1. The molecule has 15 heavy (non-hydrogen) atoms. The molecule has 1 aromatic rings. The molecule has 0 saturated carbocycles. The van der Waals surface area contributed by atoms with Crippen molar-refractivity contribution in [3.63, 3.8) is 0 Å². The quantitative estimate of drug-likeness (QED) is 0.744. The zero-order valence-electron chi connectivity index (χ0n) is 8.32. The summed E-state index contributed by atoms with van der Waals surface area (Å²) < 4.78 is 10.8. The minimum absolute atomic E-state index is 0.274. The Hall–Kier alpha value is -1.77. The van der Waals surface area contributed by atoms with Crippen LogP contribution in [-0.2, 0) is 9.53 Å². The molecule has 0 aromatic heterocycles. The molecule has 1 atom stereocenters. The van der Waals surface area contributed by atoms with Gasteiger partial charge in [-0.15, -0.1) is 0 Å². The average molecular weight is 205 g/mol. The number of nitrogens with one attached hydrogen (secondary N) is 1. The van der Waals surface area contributed by atoms with Crippen molar-refractivity contribution in [2.24, 2.45) is 0 Å². The lowest BCUT2D eigenvalue weighted by Gasteiger charge is -2.26. The normalized spacial score (nSPS) is 18.5. The Bertz CT molecular complexity index is 410. The minimum Gasteiger partial charge on any atom is -0.456 e. The number of carbonyl (C=O) groups excluding carboxylic acids is 1. The number of hydrogen-bond acceptors (Lipinski definition) is 4. The lowest BCUT2D eigenvalue weighted by molar-refractivity contribution is -0.0494. The van der Waals surface area contributed by atoms with Gasteiger partial charge in [-0.25, -0.2) is 4.79 Å². The Morgan fingerprint density at radius 3 is 3.07 bits per heavy atom. The molecule has 0 fully saturated rings. The maximum atomic E-state index is 10.7. The Labute approximate surface area is 87.5 Å². The van der Waals surface area contributed by atoms with Gasteiger partial charge < -0.3 is 14.8 Å². The third-order valence-electron chi connectivity index (χ3n) is 2.05. The van der Waals surface area contributed by atoms with E-state index < -0.39 is 6.29 Å². The van der Waals surface area contributed by atoms with E-state index in [0.29, 0.717) is 12.4 Å². The van der Waals surface area contributed by atoms with E-state index in [2.05, 4.69) is 5.32 Å². The van der Waals surface area contributed by atoms with Crippen LogP contribution in [-0.4, -0.2) is 18.8 Å². The van der Waals surface area contributed by atoms with Crippen LogP contribution in [0.5, 0.6) is 5.75 Å². The van der Waals surface area contributed by atoms with Gasteiger partial charge in [0.2, 0.25) is 0 Å². The second kappa shape index (κ2) is 4.17. The van der Waals surface area contributed by atoms with Gasteiger partial charge in [-0.05, 0) is 19.1 Å². The summed E-state index contributed by atoms with van der Waals surface area (Å²) in [5.41, 5.74) is 1.03. The Kier molecular flexibility index (Phi) is 2.72. The van der Waals surface area contributed by atoms with Crippen molar-refractivity contribution in [3.05, 3.63) is 30.0 Å². The third kappa shape index (κ3) is 1.86. The molecular weight excluding hydrogens is 194 g/mol. The third-order valence-corrected chi connectivity index (χ3v) is 2.05. The van der Waals surface area contributed by atoms with Gasteiger partial charge in [0.1, 0.15) is 5.75 Å². The van der Waals surface area contributed by atoms with Crippen LogP contribution in [0.2, 0.25) is 0 Å². The zero-order valence-corrected chi connectivity index (χ0v) is 8.32. The summed E-state index contributed by atoms with van der Waals surface area (Å²) >= 11 is 0. The van der Waals surface area contributed by atoms with Gasteiger partial charge in [0.15, 0.2) is 11.6 Å². The van der Waals surface area contributed by atoms with Crippen LogP contribution < -0.4 is 10.1 Å². The van der Waals surface area contributed by atoms with Crippen LogP contribution in [0.1, 0.15) is 6.92 Å². The van der Waals surface area contributed by atoms with Crippen molar-refractivity contribution in [3.8, 4) is 5.75 Å². The molecule has 1 unspecified atom stereocenters. The average Bonchev–Trinajstić information content (AvgIpc) is 2.28. The number of fused-ring (bicyclic) bond motifs is 1. The molecule has 4 nitrogen and oxygen atoms in total. The van der Waals surface area contributed by atoms with Crippen molar-refractivity contribution < 1.29 is 14.3 Å². The molecular formula is C11H11NO3. The van der Waals surface area contributed by atoms with E-state index in [0.717, 1.165) is 5.69 Å². The first-order valence-corrected chi connectivity index (χ1v) is 4.74. The van der Waals surface area contributed by atoms with Crippen LogP contribution >= 0.6 is 0 Å². The first-order chi connectivity index (χ1) is 7.35. The number of benzene rings is 1. The van der Waals surface area contributed by atoms with E-state index in [9.17, 15) is 4.79 Å². The maximum absolute atomic E-state index is 10.7. The number of rotatable bonds is 2. The fourth-order valence-corrected chi connectivity index (χ4v) is 1.39. The molecule has 2 rings (SSSR count). The van der Waals surface area contributed by atoms with Gasteiger partial charge in [0.05, 0.1) is 5.69 Å². The minimum atomic E-state index is -0.678. The second-order valence-electron chi connectivity index (χ2n) is 3.04. The second-order valence-corrected chi connectivity index (χ2v) is 3.04. The van der Waals surface area contributed by atoms with E-state index in [4.69, 9.17) is 9.47 Å². The van der Waals surface area contributed by atoms with Crippen molar-refractivity contribution in [1.29, 1.82) is 0 Å². The summed E-state index contributed by atoms with van der Waals surface area (Å²) in [6.45, 7) is 2.31. The SMILES string of the molecule is CCOC1Oc2ccccc2NC1=C=O. The first kappa shape index (κ1) is 9.77. The van der Waals surface area contributed by atoms with E-state index in [-0.39, 0.29) is 5.70 Å². The predicted octanol–water partition coefficient (Wildman–Crippen LogP) is 1.57. The number of ether oxygens (including phenoxy) is 2. The number of para-hydroxylation sites is 2. The summed E-state index contributed by atoms with van der Waals surface area (Å²) in [5, 5.41) is 2.92. The fraction of sp³-hybridized carbons (Fsp3) is 0.273. The Balaban J connectivity index is 2.31. The molecule has 78 valence electrons. The van der Waals surface area contributed by atoms with E-state index in [1.54, 1.807) is 5.94 Å². The Morgan fingerprint density at radius 1 is 1.53 bits per heavy atom. The summed E-state index contributed by atoms with van der Waals surface area (Å²) in [4.78, 5) is 10.7. The van der Waals surface area contributed by atoms with Crippen molar-refractivity contribution in [2.75, 3.05) is 11.9 Å². The largest absolute Gasteiger partial charge is 0.456 e. The van der Waals surface area contributed by atoms with Crippen LogP contribution in [0.4, 0.5) is 5.69 Å². The van der Waals surface area contributed by atoms with Crippen molar-refractivity contribution >= 4 is 11.6 Å². The highest BCUT2D eigenvalue weighted by Gasteiger charge is 2.25. The number of anilines is 1. The van der Waals surface area contributed by atoms with Crippen LogP contribution in [0.15, 0.2) is 30.0 Å². The summed E-state index contributed by atoms with van der Waals surface area (Å²) in [5.74, 6) is 2.46. The Morgan fingerprint density at radius 2 is 2.33 bits per heavy atom. The van der Waals surface area contributed by atoms with Crippen LogP contribution in [0.3, 0.4) is 0 Å². The molecule has 1 aromatic carbocycles. The summed E-state index contributed by atoms with van der Waals surface area (Å²) in [6.07, 6.45) is -0.678. The zero-order chi connectivity index (χ0) is 10.7. The molecule has 0 amide bonds. The van der Waals surface area contributed by atoms with Crippen LogP contribution in [0.25, 0.3) is 0 Å². The smallest absolute Gasteiger partial charge is 0.252 e. The molecule has 1 aliphatic rings. The summed E-state index contributed by atoms with van der Waals surface area (Å²) in [6, 6.07) is 7.36.